The topological polar surface area (TPSA) is 115 Å². The summed E-state index contributed by atoms with van der Waals surface area (Å²) in [5, 5.41) is 10.4. The number of amides is 1. The van der Waals surface area contributed by atoms with Gasteiger partial charge < -0.3 is 25.2 Å². The van der Waals surface area contributed by atoms with Gasteiger partial charge in [-0.15, -0.1) is 0 Å². The number of hydrogen-bond donors (Lipinski definition) is 2. The number of hydrogen-bond acceptors (Lipinski definition) is 6. The molecular formula is C35H45N3O5. The second-order valence-corrected chi connectivity index (χ2v) is 13.2. The second-order valence-electron chi connectivity index (χ2n) is 13.2. The van der Waals surface area contributed by atoms with Gasteiger partial charge >= 0.3 is 5.97 Å². The van der Waals surface area contributed by atoms with Crippen LogP contribution in [0.4, 0.5) is 5.69 Å². The van der Waals surface area contributed by atoms with Crippen LogP contribution >= 0.6 is 0 Å². The van der Waals surface area contributed by atoms with E-state index in [4.69, 9.17) is 20.2 Å². The fourth-order valence-electron chi connectivity index (χ4n) is 5.60. The van der Waals surface area contributed by atoms with Gasteiger partial charge in [0.15, 0.2) is 6.10 Å². The third kappa shape index (κ3) is 7.93. The van der Waals surface area contributed by atoms with Crippen LogP contribution in [0.1, 0.15) is 86.4 Å². The summed E-state index contributed by atoms with van der Waals surface area (Å²) in [5.74, 6) is -0.737. The van der Waals surface area contributed by atoms with Crippen LogP contribution in [-0.4, -0.2) is 47.3 Å². The number of anilines is 1. The van der Waals surface area contributed by atoms with Crippen LogP contribution in [0.25, 0.3) is 11.1 Å². The molecule has 3 aromatic rings. The van der Waals surface area contributed by atoms with Gasteiger partial charge in [0.2, 0.25) is 5.91 Å². The maximum Gasteiger partial charge on any atom is 0.337 e. The quantitative estimate of drug-likeness (QED) is 0.273. The number of aliphatic carboxylic acids is 1. The van der Waals surface area contributed by atoms with Crippen molar-refractivity contribution in [3.05, 3.63) is 76.6 Å². The number of carbonyl (C=O) groups excluding carboxylic acids is 1. The number of piperidine rings is 1. The first-order chi connectivity index (χ1) is 20.1. The molecule has 0 bridgehead atoms. The number of nitrogens with two attached hydrogens (primary N) is 1. The highest BCUT2D eigenvalue weighted by Gasteiger charge is 2.36. The lowest BCUT2D eigenvalue weighted by Crippen LogP contribution is -2.39. The number of pyridine rings is 1. The summed E-state index contributed by atoms with van der Waals surface area (Å²) in [4.78, 5) is 31.2. The molecule has 3 N–H and O–H groups in total. The Labute approximate surface area is 255 Å². The molecule has 2 heterocycles. The van der Waals surface area contributed by atoms with Crippen molar-refractivity contribution < 1.29 is 24.2 Å². The summed E-state index contributed by atoms with van der Waals surface area (Å²) in [6, 6.07) is 15.1. The number of nitrogens with zero attached hydrogens (tertiary/aromatic N) is 2. The first-order valence-corrected chi connectivity index (χ1v) is 14.9. The number of primary amides is 1. The van der Waals surface area contributed by atoms with Crippen molar-refractivity contribution in [2.24, 2.45) is 11.1 Å². The standard InChI is InChI=1S/C35H45N3O5/c1-22-28(25-12-14-27(15-13-25)42-21-16-24-8-10-26(11-9-24)32(36)39)30(38-19-17-35(6,7)18-20-38)29(23(2)37-22)31(33(40)41)43-34(3,4)5/h8-15,31H,16-21H2,1-7H3,(H2,36,39)(H,40,41). The van der Waals surface area contributed by atoms with Crippen LogP contribution in [0.2, 0.25) is 0 Å². The van der Waals surface area contributed by atoms with Gasteiger partial charge in [-0.1, -0.05) is 38.1 Å². The molecule has 8 heteroatoms. The highest BCUT2D eigenvalue weighted by atomic mass is 16.5. The van der Waals surface area contributed by atoms with Gasteiger partial charge in [-0.25, -0.2) is 4.79 Å². The molecule has 0 radical (unpaired) electrons. The Kier molecular flexibility index (Phi) is 9.50. The highest BCUT2D eigenvalue weighted by molar-refractivity contribution is 5.92. The molecule has 0 spiro atoms. The first-order valence-electron chi connectivity index (χ1n) is 14.9. The fourth-order valence-corrected chi connectivity index (χ4v) is 5.60. The molecule has 1 amide bonds. The third-order valence-electron chi connectivity index (χ3n) is 8.01. The number of carboxylic acid groups (broad SMARTS) is 1. The van der Waals surface area contributed by atoms with Crippen LogP contribution < -0.4 is 15.4 Å². The molecular weight excluding hydrogens is 542 g/mol. The zero-order valence-corrected chi connectivity index (χ0v) is 26.5. The Morgan fingerprint density at radius 1 is 1.00 bits per heavy atom. The van der Waals surface area contributed by atoms with E-state index in [1.165, 1.54) is 0 Å². The normalized spacial score (nSPS) is 15.7. The van der Waals surface area contributed by atoms with E-state index in [0.29, 0.717) is 29.8 Å². The second kappa shape index (κ2) is 12.8. The predicted molar refractivity (Wildman–Crippen MR) is 170 cm³/mol. The molecule has 230 valence electrons. The first kappa shape index (κ1) is 32.0. The van der Waals surface area contributed by atoms with E-state index in [2.05, 4.69) is 18.7 Å². The smallest absolute Gasteiger partial charge is 0.337 e. The van der Waals surface area contributed by atoms with Crippen molar-refractivity contribution in [3.63, 3.8) is 0 Å². The number of carbonyl (C=O) groups is 2. The number of aryl methyl sites for hydroxylation is 2. The summed E-state index contributed by atoms with van der Waals surface area (Å²) in [5.41, 5.74) is 11.3. The number of ether oxygens (including phenoxy) is 2. The Balaban J connectivity index is 1.67. The molecule has 1 unspecified atom stereocenters. The Hall–Kier alpha value is -3.91. The van der Waals surface area contributed by atoms with Gasteiger partial charge in [0.25, 0.3) is 0 Å². The van der Waals surface area contributed by atoms with E-state index in [0.717, 1.165) is 59.8 Å². The van der Waals surface area contributed by atoms with E-state index >= 15 is 0 Å². The molecule has 1 aliphatic rings. The summed E-state index contributed by atoms with van der Waals surface area (Å²) in [6.07, 6.45) is 1.53. The van der Waals surface area contributed by atoms with Gasteiger partial charge in [0, 0.05) is 47.6 Å². The molecule has 1 aliphatic heterocycles. The van der Waals surface area contributed by atoms with E-state index in [-0.39, 0.29) is 5.41 Å². The van der Waals surface area contributed by atoms with Gasteiger partial charge in [-0.2, -0.15) is 0 Å². The largest absolute Gasteiger partial charge is 0.493 e. The Morgan fingerprint density at radius 2 is 1.60 bits per heavy atom. The van der Waals surface area contributed by atoms with Crippen LogP contribution in [0.5, 0.6) is 5.75 Å². The molecule has 8 nitrogen and oxygen atoms in total. The van der Waals surface area contributed by atoms with Crippen molar-refractivity contribution in [2.75, 3.05) is 24.6 Å². The van der Waals surface area contributed by atoms with Crippen molar-refractivity contribution >= 4 is 17.6 Å². The molecule has 1 aromatic heterocycles. The lowest BCUT2D eigenvalue weighted by atomic mass is 9.82. The van der Waals surface area contributed by atoms with Gasteiger partial charge in [0.1, 0.15) is 5.75 Å². The lowest BCUT2D eigenvalue weighted by molar-refractivity contribution is -0.160. The zero-order chi connectivity index (χ0) is 31.5. The van der Waals surface area contributed by atoms with Crippen molar-refractivity contribution in [3.8, 4) is 16.9 Å². The Morgan fingerprint density at radius 3 is 2.14 bits per heavy atom. The van der Waals surface area contributed by atoms with Crippen LogP contribution in [-0.2, 0) is 16.0 Å². The van der Waals surface area contributed by atoms with Crippen LogP contribution in [0.3, 0.4) is 0 Å². The molecule has 1 fully saturated rings. The molecule has 1 saturated heterocycles. The average Bonchev–Trinajstić information content (AvgIpc) is 2.92. The highest BCUT2D eigenvalue weighted by Crippen LogP contribution is 2.45. The molecule has 0 saturated carbocycles. The zero-order valence-electron chi connectivity index (χ0n) is 26.5. The monoisotopic (exact) mass is 587 g/mol. The van der Waals surface area contributed by atoms with E-state index in [1.54, 1.807) is 12.1 Å². The predicted octanol–water partition coefficient (Wildman–Crippen LogP) is 6.65. The molecule has 4 rings (SSSR count). The van der Waals surface area contributed by atoms with Gasteiger partial charge in [-0.3, -0.25) is 9.78 Å². The van der Waals surface area contributed by atoms with E-state index in [1.807, 2.05) is 71.0 Å². The van der Waals surface area contributed by atoms with Crippen LogP contribution in [0.15, 0.2) is 48.5 Å². The molecule has 2 aromatic carbocycles. The van der Waals surface area contributed by atoms with Crippen LogP contribution in [0, 0.1) is 19.3 Å². The lowest BCUT2D eigenvalue weighted by Gasteiger charge is -2.41. The molecule has 43 heavy (non-hydrogen) atoms. The van der Waals surface area contributed by atoms with Crippen molar-refractivity contribution in [1.82, 2.24) is 4.98 Å². The number of benzene rings is 2. The molecule has 1 atom stereocenters. The summed E-state index contributed by atoms with van der Waals surface area (Å²) in [7, 11) is 0. The minimum Gasteiger partial charge on any atom is -0.493 e. The average molecular weight is 588 g/mol. The summed E-state index contributed by atoms with van der Waals surface area (Å²) >= 11 is 0. The summed E-state index contributed by atoms with van der Waals surface area (Å²) in [6.45, 7) is 16.2. The van der Waals surface area contributed by atoms with E-state index in [9.17, 15) is 14.7 Å². The molecule has 0 aliphatic carbocycles. The fraction of sp³-hybridized carbons (Fsp3) is 0.457. The Bertz CT molecular complexity index is 1450. The minimum absolute atomic E-state index is 0.227. The third-order valence-corrected chi connectivity index (χ3v) is 8.01. The SMILES string of the molecule is Cc1nc(C)c(C(OC(C)(C)C)C(=O)O)c(N2CCC(C)(C)CC2)c1-c1ccc(OCCc2ccc(C(N)=O)cc2)cc1. The number of rotatable bonds is 10. The number of aromatic nitrogens is 1. The van der Waals surface area contributed by atoms with Gasteiger partial charge in [0.05, 0.1) is 17.9 Å². The number of carboxylic acids is 1. The maximum absolute atomic E-state index is 12.7. The maximum atomic E-state index is 12.7. The summed E-state index contributed by atoms with van der Waals surface area (Å²) < 4.78 is 12.2. The van der Waals surface area contributed by atoms with Gasteiger partial charge in [-0.05, 0) is 88.3 Å². The minimum atomic E-state index is -1.16. The van der Waals surface area contributed by atoms with E-state index < -0.39 is 23.6 Å². The van der Waals surface area contributed by atoms with Crippen molar-refractivity contribution in [1.29, 1.82) is 0 Å². The van der Waals surface area contributed by atoms with Crippen molar-refractivity contribution in [2.45, 2.75) is 79.4 Å².